The number of benzene rings is 2. The molecule has 0 saturated heterocycles. The SMILES string of the molecule is CC(Nc1ccc(N(C)CCO)cc1)c1ccc(F)c(F)c1. The molecule has 0 aromatic heterocycles. The number of nitrogens with one attached hydrogen (secondary N) is 1. The maximum Gasteiger partial charge on any atom is 0.159 e. The van der Waals surface area contributed by atoms with Crippen molar-refractivity contribution in [1.29, 1.82) is 0 Å². The van der Waals surface area contributed by atoms with Gasteiger partial charge in [-0.25, -0.2) is 8.78 Å². The third kappa shape index (κ3) is 3.95. The monoisotopic (exact) mass is 306 g/mol. The van der Waals surface area contributed by atoms with Gasteiger partial charge in [-0.2, -0.15) is 0 Å². The van der Waals surface area contributed by atoms with E-state index in [0.717, 1.165) is 17.4 Å². The molecule has 118 valence electrons. The summed E-state index contributed by atoms with van der Waals surface area (Å²) in [6, 6.07) is 11.5. The van der Waals surface area contributed by atoms with Crippen molar-refractivity contribution in [1.82, 2.24) is 0 Å². The molecule has 2 aromatic rings. The van der Waals surface area contributed by atoms with Crippen LogP contribution in [0.1, 0.15) is 18.5 Å². The second kappa shape index (κ2) is 7.22. The van der Waals surface area contributed by atoms with Gasteiger partial charge in [-0.1, -0.05) is 6.07 Å². The van der Waals surface area contributed by atoms with Crippen LogP contribution in [0.5, 0.6) is 0 Å². The van der Waals surface area contributed by atoms with E-state index in [1.807, 2.05) is 43.1 Å². The zero-order chi connectivity index (χ0) is 16.1. The van der Waals surface area contributed by atoms with Crippen molar-refractivity contribution in [2.45, 2.75) is 13.0 Å². The average Bonchev–Trinajstić information content (AvgIpc) is 2.51. The Morgan fingerprint density at radius 3 is 2.36 bits per heavy atom. The Labute approximate surface area is 129 Å². The standard InChI is InChI=1S/C17H20F2N2O/c1-12(13-3-8-16(18)17(19)11-13)20-14-4-6-15(7-5-14)21(2)9-10-22/h3-8,11-12,20,22H,9-10H2,1-2H3. The van der Waals surface area contributed by atoms with Crippen LogP contribution in [-0.2, 0) is 0 Å². The molecule has 0 aliphatic carbocycles. The Bertz CT molecular complexity index is 617. The number of aliphatic hydroxyl groups is 1. The molecule has 22 heavy (non-hydrogen) atoms. The van der Waals surface area contributed by atoms with Gasteiger partial charge in [-0.05, 0) is 48.9 Å². The molecule has 2 rings (SSSR count). The Balaban J connectivity index is 2.05. The van der Waals surface area contributed by atoms with Gasteiger partial charge >= 0.3 is 0 Å². The first kappa shape index (κ1) is 16.2. The van der Waals surface area contributed by atoms with E-state index in [1.54, 1.807) is 6.07 Å². The highest BCUT2D eigenvalue weighted by atomic mass is 19.2. The molecular formula is C17H20F2N2O. The van der Waals surface area contributed by atoms with Crippen molar-refractivity contribution in [3.63, 3.8) is 0 Å². The van der Waals surface area contributed by atoms with Crippen LogP contribution >= 0.6 is 0 Å². The number of aliphatic hydroxyl groups excluding tert-OH is 1. The van der Waals surface area contributed by atoms with Gasteiger partial charge in [0, 0.05) is 31.0 Å². The molecule has 0 aliphatic rings. The predicted molar refractivity (Wildman–Crippen MR) is 85.2 cm³/mol. The molecule has 0 aliphatic heterocycles. The first-order chi connectivity index (χ1) is 10.5. The number of hydrogen-bond acceptors (Lipinski definition) is 3. The molecule has 2 aromatic carbocycles. The van der Waals surface area contributed by atoms with Gasteiger partial charge < -0.3 is 15.3 Å². The second-order valence-electron chi connectivity index (χ2n) is 5.23. The molecular weight excluding hydrogens is 286 g/mol. The zero-order valence-corrected chi connectivity index (χ0v) is 12.7. The van der Waals surface area contributed by atoms with E-state index in [2.05, 4.69) is 5.32 Å². The number of rotatable bonds is 6. The van der Waals surface area contributed by atoms with Crippen molar-refractivity contribution in [3.05, 3.63) is 59.7 Å². The van der Waals surface area contributed by atoms with Gasteiger partial charge in [0.15, 0.2) is 11.6 Å². The lowest BCUT2D eigenvalue weighted by Crippen LogP contribution is -2.20. The van der Waals surface area contributed by atoms with Gasteiger partial charge in [0.05, 0.1) is 6.61 Å². The smallest absolute Gasteiger partial charge is 0.159 e. The number of likely N-dealkylation sites (N-methyl/N-ethyl adjacent to an activating group) is 1. The third-order valence-corrected chi connectivity index (χ3v) is 3.57. The van der Waals surface area contributed by atoms with E-state index in [1.165, 1.54) is 6.07 Å². The van der Waals surface area contributed by atoms with Crippen LogP contribution in [0.4, 0.5) is 20.2 Å². The fourth-order valence-electron chi connectivity index (χ4n) is 2.21. The van der Waals surface area contributed by atoms with Crippen LogP contribution in [0.2, 0.25) is 0 Å². The zero-order valence-electron chi connectivity index (χ0n) is 12.7. The normalized spacial score (nSPS) is 12.0. The molecule has 0 fully saturated rings. The van der Waals surface area contributed by atoms with Crippen LogP contribution in [0.15, 0.2) is 42.5 Å². The topological polar surface area (TPSA) is 35.5 Å². The Kier molecular flexibility index (Phi) is 5.33. The molecule has 2 N–H and O–H groups in total. The van der Waals surface area contributed by atoms with Crippen LogP contribution in [0.3, 0.4) is 0 Å². The second-order valence-corrected chi connectivity index (χ2v) is 5.23. The van der Waals surface area contributed by atoms with Gasteiger partial charge in [-0.15, -0.1) is 0 Å². The Hall–Kier alpha value is -2.14. The number of halogens is 2. The average molecular weight is 306 g/mol. The molecule has 3 nitrogen and oxygen atoms in total. The number of anilines is 2. The third-order valence-electron chi connectivity index (χ3n) is 3.57. The predicted octanol–water partition coefficient (Wildman–Crippen LogP) is 3.57. The largest absolute Gasteiger partial charge is 0.395 e. The lowest BCUT2D eigenvalue weighted by Gasteiger charge is -2.20. The van der Waals surface area contributed by atoms with Crippen molar-refractivity contribution in [2.24, 2.45) is 0 Å². The molecule has 0 spiro atoms. The lowest BCUT2D eigenvalue weighted by molar-refractivity contribution is 0.304. The quantitative estimate of drug-likeness (QED) is 0.856. The number of nitrogens with zero attached hydrogens (tertiary/aromatic N) is 1. The number of hydrogen-bond donors (Lipinski definition) is 2. The van der Waals surface area contributed by atoms with E-state index >= 15 is 0 Å². The molecule has 1 atom stereocenters. The van der Waals surface area contributed by atoms with Crippen LogP contribution in [0.25, 0.3) is 0 Å². The molecule has 0 bridgehead atoms. The summed E-state index contributed by atoms with van der Waals surface area (Å²) in [5.41, 5.74) is 2.57. The Morgan fingerprint density at radius 2 is 1.77 bits per heavy atom. The van der Waals surface area contributed by atoms with Gasteiger partial charge in [0.25, 0.3) is 0 Å². The minimum atomic E-state index is -0.841. The first-order valence-corrected chi connectivity index (χ1v) is 7.15. The van der Waals surface area contributed by atoms with Gasteiger partial charge in [0.2, 0.25) is 0 Å². The molecule has 0 saturated carbocycles. The summed E-state index contributed by atoms with van der Waals surface area (Å²) in [4.78, 5) is 1.95. The molecule has 1 unspecified atom stereocenters. The van der Waals surface area contributed by atoms with Crippen molar-refractivity contribution >= 4 is 11.4 Å². The summed E-state index contributed by atoms with van der Waals surface area (Å²) in [6.07, 6.45) is 0. The molecule has 0 amide bonds. The van der Waals surface area contributed by atoms with Crippen LogP contribution in [0, 0.1) is 11.6 Å². The van der Waals surface area contributed by atoms with Gasteiger partial charge in [0.1, 0.15) is 0 Å². The van der Waals surface area contributed by atoms with Crippen molar-refractivity contribution < 1.29 is 13.9 Å². The Morgan fingerprint density at radius 1 is 1.09 bits per heavy atom. The lowest BCUT2D eigenvalue weighted by atomic mass is 10.1. The van der Waals surface area contributed by atoms with Crippen LogP contribution < -0.4 is 10.2 Å². The summed E-state index contributed by atoms with van der Waals surface area (Å²) in [5, 5.41) is 12.2. The van der Waals surface area contributed by atoms with E-state index in [-0.39, 0.29) is 12.6 Å². The molecule has 0 radical (unpaired) electrons. The molecule has 0 heterocycles. The van der Waals surface area contributed by atoms with Crippen molar-refractivity contribution in [2.75, 3.05) is 30.4 Å². The summed E-state index contributed by atoms with van der Waals surface area (Å²) in [6.45, 7) is 2.56. The van der Waals surface area contributed by atoms with E-state index in [9.17, 15) is 8.78 Å². The van der Waals surface area contributed by atoms with E-state index in [0.29, 0.717) is 12.1 Å². The summed E-state index contributed by atoms with van der Waals surface area (Å²) in [5.74, 6) is -1.68. The highest BCUT2D eigenvalue weighted by Gasteiger charge is 2.09. The van der Waals surface area contributed by atoms with Crippen LogP contribution in [-0.4, -0.2) is 25.3 Å². The van der Waals surface area contributed by atoms with E-state index < -0.39 is 11.6 Å². The fourth-order valence-corrected chi connectivity index (χ4v) is 2.21. The van der Waals surface area contributed by atoms with Crippen molar-refractivity contribution in [3.8, 4) is 0 Å². The maximum absolute atomic E-state index is 13.3. The summed E-state index contributed by atoms with van der Waals surface area (Å²) < 4.78 is 26.2. The first-order valence-electron chi connectivity index (χ1n) is 7.15. The van der Waals surface area contributed by atoms with Gasteiger partial charge in [-0.3, -0.25) is 0 Å². The summed E-state index contributed by atoms with van der Waals surface area (Å²) in [7, 11) is 1.91. The minimum Gasteiger partial charge on any atom is -0.395 e. The fraction of sp³-hybridized carbons (Fsp3) is 0.294. The molecule has 5 heteroatoms. The van der Waals surface area contributed by atoms with E-state index in [4.69, 9.17) is 5.11 Å². The maximum atomic E-state index is 13.3. The highest BCUT2D eigenvalue weighted by Crippen LogP contribution is 2.23. The minimum absolute atomic E-state index is 0.101. The summed E-state index contributed by atoms with van der Waals surface area (Å²) >= 11 is 0. The highest BCUT2D eigenvalue weighted by molar-refractivity contribution is 5.55.